The average Bonchev–Trinajstić information content (AvgIpc) is 2.73. The SMILES string of the molecule is Cc1cccc(C(=O)N2CCC(NC(=O)c3cccc4ccccc34)CC2)c1. The Morgan fingerprint density at radius 2 is 1.64 bits per heavy atom. The third-order valence-corrected chi connectivity index (χ3v) is 5.42. The maximum Gasteiger partial charge on any atom is 0.253 e. The summed E-state index contributed by atoms with van der Waals surface area (Å²) in [4.78, 5) is 27.4. The molecule has 1 heterocycles. The normalized spacial score (nSPS) is 14.8. The van der Waals surface area contributed by atoms with Crippen LogP contribution in [0.3, 0.4) is 0 Å². The van der Waals surface area contributed by atoms with Gasteiger partial charge in [-0.2, -0.15) is 0 Å². The van der Waals surface area contributed by atoms with Crippen LogP contribution in [0.15, 0.2) is 66.7 Å². The molecule has 1 N–H and O–H groups in total. The summed E-state index contributed by atoms with van der Waals surface area (Å²) in [6, 6.07) is 21.5. The molecule has 142 valence electrons. The number of hydrogen-bond donors (Lipinski definition) is 1. The Hall–Kier alpha value is -3.14. The molecule has 1 aliphatic heterocycles. The van der Waals surface area contributed by atoms with Gasteiger partial charge in [0.2, 0.25) is 0 Å². The summed E-state index contributed by atoms with van der Waals surface area (Å²) in [6.07, 6.45) is 1.54. The first-order valence-corrected chi connectivity index (χ1v) is 9.76. The Balaban J connectivity index is 1.39. The molecule has 0 bridgehead atoms. The molecule has 4 heteroatoms. The van der Waals surface area contributed by atoms with Crippen molar-refractivity contribution in [2.45, 2.75) is 25.8 Å². The highest BCUT2D eigenvalue weighted by Gasteiger charge is 2.25. The van der Waals surface area contributed by atoms with E-state index in [4.69, 9.17) is 0 Å². The van der Waals surface area contributed by atoms with E-state index in [-0.39, 0.29) is 17.9 Å². The molecule has 0 radical (unpaired) electrons. The number of hydrogen-bond acceptors (Lipinski definition) is 2. The molecule has 0 saturated carbocycles. The Kier molecular flexibility index (Phi) is 5.11. The summed E-state index contributed by atoms with van der Waals surface area (Å²) in [5, 5.41) is 5.19. The second-order valence-electron chi connectivity index (χ2n) is 7.44. The van der Waals surface area contributed by atoms with Gasteiger partial charge in [0.25, 0.3) is 11.8 Å². The number of nitrogens with zero attached hydrogens (tertiary/aromatic N) is 1. The fourth-order valence-corrected chi connectivity index (χ4v) is 3.87. The molecule has 0 unspecified atom stereocenters. The van der Waals surface area contributed by atoms with Crippen molar-refractivity contribution in [3.8, 4) is 0 Å². The van der Waals surface area contributed by atoms with E-state index in [9.17, 15) is 9.59 Å². The van der Waals surface area contributed by atoms with E-state index in [1.165, 1.54) is 0 Å². The highest BCUT2D eigenvalue weighted by Crippen LogP contribution is 2.20. The lowest BCUT2D eigenvalue weighted by Crippen LogP contribution is -2.46. The molecule has 4 nitrogen and oxygen atoms in total. The molecule has 1 fully saturated rings. The zero-order chi connectivity index (χ0) is 19.5. The van der Waals surface area contributed by atoms with Crippen molar-refractivity contribution in [2.75, 3.05) is 13.1 Å². The van der Waals surface area contributed by atoms with Crippen LogP contribution in [0.5, 0.6) is 0 Å². The van der Waals surface area contributed by atoms with Crippen LogP contribution in [0.4, 0.5) is 0 Å². The van der Waals surface area contributed by atoms with Crippen LogP contribution in [0.25, 0.3) is 10.8 Å². The Morgan fingerprint density at radius 1 is 0.929 bits per heavy atom. The van der Waals surface area contributed by atoms with Gasteiger partial charge >= 0.3 is 0 Å². The maximum atomic E-state index is 12.8. The second kappa shape index (κ2) is 7.85. The molecule has 2 amide bonds. The van der Waals surface area contributed by atoms with Crippen LogP contribution >= 0.6 is 0 Å². The van der Waals surface area contributed by atoms with Crippen molar-refractivity contribution >= 4 is 22.6 Å². The molecule has 3 aromatic rings. The zero-order valence-electron chi connectivity index (χ0n) is 16.0. The van der Waals surface area contributed by atoms with Gasteiger partial charge in [-0.05, 0) is 48.7 Å². The van der Waals surface area contributed by atoms with Crippen LogP contribution in [0.2, 0.25) is 0 Å². The topological polar surface area (TPSA) is 49.4 Å². The number of rotatable bonds is 3. The number of fused-ring (bicyclic) bond motifs is 1. The van der Waals surface area contributed by atoms with Crippen LogP contribution in [-0.2, 0) is 0 Å². The minimum Gasteiger partial charge on any atom is -0.349 e. The first-order valence-electron chi connectivity index (χ1n) is 9.76. The van der Waals surface area contributed by atoms with Crippen molar-refractivity contribution in [1.82, 2.24) is 10.2 Å². The smallest absolute Gasteiger partial charge is 0.253 e. The Morgan fingerprint density at radius 3 is 2.43 bits per heavy atom. The van der Waals surface area contributed by atoms with Gasteiger partial charge in [-0.1, -0.05) is 54.1 Å². The van der Waals surface area contributed by atoms with E-state index in [1.807, 2.05) is 78.6 Å². The van der Waals surface area contributed by atoms with Crippen LogP contribution in [0, 0.1) is 6.92 Å². The van der Waals surface area contributed by atoms with E-state index >= 15 is 0 Å². The predicted molar refractivity (Wildman–Crippen MR) is 112 cm³/mol. The van der Waals surface area contributed by atoms with Gasteiger partial charge in [0.1, 0.15) is 0 Å². The molecule has 0 aliphatic carbocycles. The molecule has 0 aromatic heterocycles. The van der Waals surface area contributed by atoms with Crippen LogP contribution in [-0.4, -0.2) is 35.8 Å². The summed E-state index contributed by atoms with van der Waals surface area (Å²) < 4.78 is 0. The summed E-state index contributed by atoms with van der Waals surface area (Å²) in [5.74, 6) is 0.0304. The van der Waals surface area contributed by atoms with Crippen molar-refractivity contribution in [1.29, 1.82) is 0 Å². The van der Waals surface area contributed by atoms with Crippen LogP contribution < -0.4 is 5.32 Å². The predicted octanol–water partition coefficient (Wildman–Crippen LogP) is 4.18. The van der Waals surface area contributed by atoms with Crippen LogP contribution in [0.1, 0.15) is 39.1 Å². The number of carbonyl (C=O) groups excluding carboxylic acids is 2. The maximum absolute atomic E-state index is 12.8. The van der Waals surface area contributed by atoms with E-state index < -0.39 is 0 Å². The van der Waals surface area contributed by atoms with E-state index in [0.29, 0.717) is 18.7 Å². The van der Waals surface area contributed by atoms with E-state index in [0.717, 1.165) is 34.7 Å². The summed E-state index contributed by atoms with van der Waals surface area (Å²) in [5.41, 5.74) is 2.53. The lowest BCUT2D eigenvalue weighted by Gasteiger charge is -2.32. The molecule has 0 spiro atoms. The summed E-state index contributed by atoms with van der Waals surface area (Å²) in [6.45, 7) is 3.31. The molecule has 4 rings (SSSR count). The lowest BCUT2D eigenvalue weighted by atomic mass is 10.0. The summed E-state index contributed by atoms with van der Waals surface area (Å²) in [7, 11) is 0. The highest BCUT2D eigenvalue weighted by molar-refractivity contribution is 6.07. The molecule has 3 aromatic carbocycles. The minimum atomic E-state index is -0.0414. The number of aryl methyl sites for hydroxylation is 1. The fraction of sp³-hybridized carbons (Fsp3) is 0.250. The van der Waals surface area contributed by atoms with Gasteiger partial charge in [-0.3, -0.25) is 9.59 Å². The molecule has 0 atom stereocenters. The van der Waals surface area contributed by atoms with Gasteiger partial charge in [-0.15, -0.1) is 0 Å². The number of piperidine rings is 1. The second-order valence-corrected chi connectivity index (χ2v) is 7.44. The quantitative estimate of drug-likeness (QED) is 0.750. The fourth-order valence-electron chi connectivity index (χ4n) is 3.87. The number of benzene rings is 3. The first-order chi connectivity index (χ1) is 13.6. The first kappa shape index (κ1) is 18.2. The van der Waals surface area contributed by atoms with E-state index in [2.05, 4.69) is 5.32 Å². The highest BCUT2D eigenvalue weighted by atomic mass is 16.2. The van der Waals surface area contributed by atoms with Crippen molar-refractivity contribution < 1.29 is 9.59 Å². The van der Waals surface area contributed by atoms with Gasteiger partial charge in [0, 0.05) is 30.3 Å². The Bertz CT molecular complexity index is 1010. The van der Waals surface area contributed by atoms with Crippen molar-refractivity contribution in [2.24, 2.45) is 0 Å². The minimum absolute atomic E-state index is 0.0414. The lowest BCUT2D eigenvalue weighted by molar-refractivity contribution is 0.0698. The third kappa shape index (κ3) is 3.77. The van der Waals surface area contributed by atoms with Gasteiger partial charge in [0.15, 0.2) is 0 Å². The number of nitrogens with one attached hydrogen (secondary N) is 1. The third-order valence-electron chi connectivity index (χ3n) is 5.42. The molecular weight excluding hydrogens is 348 g/mol. The molecule has 1 saturated heterocycles. The van der Waals surface area contributed by atoms with Gasteiger partial charge < -0.3 is 10.2 Å². The number of amides is 2. The number of likely N-dealkylation sites (tertiary alicyclic amines) is 1. The molecular formula is C24H24N2O2. The monoisotopic (exact) mass is 372 g/mol. The average molecular weight is 372 g/mol. The number of carbonyl (C=O) groups is 2. The largest absolute Gasteiger partial charge is 0.349 e. The van der Waals surface area contributed by atoms with Crippen molar-refractivity contribution in [3.05, 3.63) is 83.4 Å². The molecule has 28 heavy (non-hydrogen) atoms. The van der Waals surface area contributed by atoms with Gasteiger partial charge in [0.05, 0.1) is 0 Å². The van der Waals surface area contributed by atoms with Crippen molar-refractivity contribution in [3.63, 3.8) is 0 Å². The van der Waals surface area contributed by atoms with E-state index in [1.54, 1.807) is 0 Å². The Labute approximate surface area is 165 Å². The zero-order valence-corrected chi connectivity index (χ0v) is 16.0. The summed E-state index contributed by atoms with van der Waals surface area (Å²) >= 11 is 0. The standard InChI is InChI=1S/C24H24N2O2/c1-17-6-4-9-19(16-17)24(28)26-14-12-20(13-15-26)25-23(27)22-11-5-8-18-7-2-3-10-21(18)22/h2-11,16,20H,12-15H2,1H3,(H,25,27). The molecule has 1 aliphatic rings. The van der Waals surface area contributed by atoms with Gasteiger partial charge in [-0.25, -0.2) is 0 Å².